The number of halogens is 1. The van der Waals surface area contributed by atoms with E-state index in [4.69, 9.17) is 5.11 Å². The highest BCUT2D eigenvalue weighted by Crippen LogP contribution is 2.22. The molecule has 1 aromatic rings. The van der Waals surface area contributed by atoms with Crippen LogP contribution < -0.4 is 0 Å². The van der Waals surface area contributed by atoms with E-state index in [2.05, 4.69) is 4.98 Å². The SMILES string of the molecule is CC(C)(C(=O)O)c1cncc(F)c1. The summed E-state index contributed by atoms with van der Waals surface area (Å²) in [5.74, 6) is -1.52. The molecule has 1 aromatic heterocycles. The quantitative estimate of drug-likeness (QED) is 0.757. The second kappa shape index (κ2) is 3.12. The average Bonchev–Trinajstić information content (AvgIpc) is 2.04. The Morgan fingerprint density at radius 2 is 2.15 bits per heavy atom. The number of nitrogens with zero attached hydrogens (tertiary/aromatic N) is 1. The number of rotatable bonds is 2. The fourth-order valence-corrected chi connectivity index (χ4v) is 0.877. The van der Waals surface area contributed by atoms with E-state index in [1.54, 1.807) is 0 Å². The van der Waals surface area contributed by atoms with Gasteiger partial charge in [-0.1, -0.05) is 0 Å². The van der Waals surface area contributed by atoms with E-state index in [1.807, 2.05) is 0 Å². The number of carbonyl (C=O) groups is 1. The standard InChI is InChI=1S/C9H10FNO2/c1-9(2,8(12)13)6-3-7(10)5-11-4-6/h3-5H,1-2H3,(H,12,13). The minimum Gasteiger partial charge on any atom is -0.481 e. The van der Waals surface area contributed by atoms with E-state index in [9.17, 15) is 9.18 Å². The van der Waals surface area contributed by atoms with Crippen molar-refractivity contribution in [2.45, 2.75) is 19.3 Å². The first-order chi connectivity index (χ1) is 5.94. The van der Waals surface area contributed by atoms with Gasteiger partial charge >= 0.3 is 5.97 Å². The van der Waals surface area contributed by atoms with Crippen molar-refractivity contribution in [1.29, 1.82) is 0 Å². The van der Waals surface area contributed by atoms with Crippen molar-refractivity contribution >= 4 is 5.97 Å². The molecule has 4 heteroatoms. The lowest BCUT2D eigenvalue weighted by Gasteiger charge is -2.18. The first kappa shape index (κ1) is 9.64. The summed E-state index contributed by atoms with van der Waals surface area (Å²) in [5.41, 5.74) is -0.741. The third kappa shape index (κ3) is 1.83. The van der Waals surface area contributed by atoms with Gasteiger partial charge in [-0.2, -0.15) is 0 Å². The number of hydrogen-bond acceptors (Lipinski definition) is 2. The fourth-order valence-electron chi connectivity index (χ4n) is 0.877. The largest absolute Gasteiger partial charge is 0.481 e. The van der Waals surface area contributed by atoms with Crippen LogP contribution in [0.25, 0.3) is 0 Å². The van der Waals surface area contributed by atoms with Crippen molar-refractivity contribution in [2.24, 2.45) is 0 Å². The highest BCUT2D eigenvalue weighted by Gasteiger charge is 2.29. The van der Waals surface area contributed by atoms with E-state index in [1.165, 1.54) is 26.1 Å². The summed E-state index contributed by atoms with van der Waals surface area (Å²) in [6.45, 7) is 3.01. The first-order valence-corrected chi connectivity index (χ1v) is 3.79. The number of carboxylic acid groups (broad SMARTS) is 1. The number of carboxylic acids is 1. The van der Waals surface area contributed by atoms with E-state index < -0.39 is 17.2 Å². The number of aromatic nitrogens is 1. The van der Waals surface area contributed by atoms with Gasteiger partial charge in [-0.05, 0) is 25.5 Å². The minimum atomic E-state index is -1.10. The molecule has 0 aliphatic heterocycles. The third-order valence-electron chi connectivity index (χ3n) is 1.96. The molecule has 0 amide bonds. The lowest BCUT2D eigenvalue weighted by molar-refractivity contribution is -0.142. The Kier molecular flexibility index (Phi) is 2.32. The molecule has 0 atom stereocenters. The molecule has 0 saturated heterocycles. The number of hydrogen-bond donors (Lipinski definition) is 1. The molecule has 1 rings (SSSR count). The lowest BCUT2D eigenvalue weighted by Crippen LogP contribution is -2.28. The smallest absolute Gasteiger partial charge is 0.313 e. The van der Waals surface area contributed by atoms with Crippen molar-refractivity contribution in [3.63, 3.8) is 0 Å². The van der Waals surface area contributed by atoms with Crippen LogP contribution in [0.15, 0.2) is 18.5 Å². The molecule has 0 spiro atoms. The van der Waals surface area contributed by atoms with Gasteiger partial charge in [-0.15, -0.1) is 0 Å². The molecule has 1 heterocycles. The van der Waals surface area contributed by atoms with Gasteiger partial charge < -0.3 is 5.11 Å². The molecule has 70 valence electrons. The Morgan fingerprint density at radius 3 is 2.62 bits per heavy atom. The summed E-state index contributed by atoms with van der Waals surface area (Å²) in [4.78, 5) is 14.4. The van der Waals surface area contributed by atoms with E-state index >= 15 is 0 Å². The summed E-state index contributed by atoms with van der Waals surface area (Å²) in [7, 11) is 0. The second-order valence-corrected chi connectivity index (χ2v) is 3.32. The van der Waals surface area contributed by atoms with Crippen molar-refractivity contribution in [1.82, 2.24) is 4.98 Å². The summed E-state index contributed by atoms with van der Waals surface area (Å²) in [6, 6.07) is 1.18. The summed E-state index contributed by atoms with van der Waals surface area (Å²) >= 11 is 0. The molecule has 1 N–H and O–H groups in total. The van der Waals surface area contributed by atoms with Crippen molar-refractivity contribution in [3.05, 3.63) is 29.8 Å². The molecule has 0 saturated carbocycles. The molecule has 0 fully saturated rings. The maximum Gasteiger partial charge on any atom is 0.313 e. The van der Waals surface area contributed by atoms with E-state index in [0.29, 0.717) is 5.56 Å². The van der Waals surface area contributed by atoms with E-state index in [0.717, 1.165) is 6.20 Å². The zero-order valence-electron chi connectivity index (χ0n) is 7.41. The predicted octanol–water partition coefficient (Wildman–Crippen LogP) is 1.58. The Hall–Kier alpha value is -1.45. The number of pyridine rings is 1. The topological polar surface area (TPSA) is 50.2 Å². The molecule has 0 aromatic carbocycles. The van der Waals surface area contributed by atoms with Crippen molar-refractivity contribution in [2.75, 3.05) is 0 Å². The van der Waals surface area contributed by atoms with Gasteiger partial charge in [0.25, 0.3) is 0 Å². The Balaban J connectivity index is 3.14. The molecule has 0 unspecified atom stereocenters. The molecule has 0 aliphatic carbocycles. The maximum atomic E-state index is 12.7. The summed E-state index contributed by atoms with van der Waals surface area (Å²) in [5, 5.41) is 8.84. The van der Waals surface area contributed by atoms with Crippen LogP contribution in [-0.4, -0.2) is 16.1 Å². The maximum absolute atomic E-state index is 12.7. The van der Waals surface area contributed by atoms with Gasteiger partial charge in [0.05, 0.1) is 11.6 Å². The van der Waals surface area contributed by atoms with Crippen LogP contribution in [0.4, 0.5) is 4.39 Å². The van der Waals surface area contributed by atoms with Gasteiger partial charge in [0, 0.05) is 6.20 Å². The van der Waals surface area contributed by atoms with Crippen LogP contribution in [-0.2, 0) is 10.2 Å². The summed E-state index contributed by atoms with van der Waals surface area (Å²) in [6.07, 6.45) is 2.40. The van der Waals surface area contributed by atoms with Crippen LogP contribution in [0.1, 0.15) is 19.4 Å². The van der Waals surface area contributed by atoms with Crippen LogP contribution in [0.2, 0.25) is 0 Å². The third-order valence-corrected chi connectivity index (χ3v) is 1.96. The highest BCUT2D eigenvalue weighted by molar-refractivity contribution is 5.80. The monoisotopic (exact) mass is 183 g/mol. The Labute approximate surface area is 75.2 Å². The molecular formula is C9H10FNO2. The van der Waals surface area contributed by atoms with Crippen LogP contribution >= 0.6 is 0 Å². The predicted molar refractivity (Wildman–Crippen MR) is 44.9 cm³/mol. The number of aliphatic carboxylic acids is 1. The Morgan fingerprint density at radius 1 is 1.54 bits per heavy atom. The van der Waals surface area contributed by atoms with Gasteiger partial charge in [-0.25, -0.2) is 4.39 Å². The average molecular weight is 183 g/mol. The zero-order valence-corrected chi connectivity index (χ0v) is 7.41. The van der Waals surface area contributed by atoms with E-state index in [-0.39, 0.29) is 0 Å². The van der Waals surface area contributed by atoms with Crippen LogP contribution in [0.3, 0.4) is 0 Å². The molecular weight excluding hydrogens is 173 g/mol. The van der Waals surface area contributed by atoms with Crippen molar-refractivity contribution in [3.8, 4) is 0 Å². The molecule has 3 nitrogen and oxygen atoms in total. The normalized spacial score (nSPS) is 11.3. The van der Waals surface area contributed by atoms with Gasteiger partial charge in [0.1, 0.15) is 5.82 Å². The first-order valence-electron chi connectivity index (χ1n) is 3.79. The molecule has 0 radical (unpaired) electrons. The van der Waals surface area contributed by atoms with Crippen LogP contribution in [0.5, 0.6) is 0 Å². The zero-order chi connectivity index (χ0) is 10.1. The lowest BCUT2D eigenvalue weighted by atomic mass is 9.86. The minimum absolute atomic E-state index is 0.361. The fraction of sp³-hybridized carbons (Fsp3) is 0.333. The molecule has 13 heavy (non-hydrogen) atoms. The Bertz CT molecular complexity index is 336. The van der Waals surface area contributed by atoms with Crippen molar-refractivity contribution < 1.29 is 14.3 Å². The van der Waals surface area contributed by atoms with Gasteiger partial charge in [0.15, 0.2) is 0 Å². The molecule has 0 aliphatic rings. The van der Waals surface area contributed by atoms with Gasteiger partial charge in [-0.3, -0.25) is 9.78 Å². The van der Waals surface area contributed by atoms with Gasteiger partial charge in [0.2, 0.25) is 0 Å². The van der Waals surface area contributed by atoms with Crippen LogP contribution in [0, 0.1) is 5.82 Å². The highest BCUT2D eigenvalue weighted by atomic mass is 19.1. The summed E-state index contributed by atoms with van der Waals surface area (Å²) < 4.78 is 12.7. The second-order valence-electron chi connectivity index (χ2n) is 3.32. The molecule has 0 bridgehead atoms.